The molecular formula is C17H11F5N4O3S2. The van der Waals surface area contributed by atoms with Crippen molar-refractivity contribution in [2.75, 3.05) is 11.1 Å². The van der Waals surface area contributed by atoms with Gasteiger partial charge in [-0.05, 0) is 30.3 Å². The molecule has 0 aliphatic heterocycles. The summed E-state index contributed by atoms with van der Waals surface area (Å²) in [5.41, 5.74) is 3.01. The summed E-state index contributed by atoms with van der Waals surface area (Å²) in [6, 6.07) is 4.93. The van der Waals surface area contributed by atoms with E-state index in [0.29, 0.717) is 23.5 Å². The van der Waals surface area contributed by atoms with E-state index in [-0.39, 0.29) is 15.7 Å². The zero-order valence-electron chi connectivity index (χ0n) is 15.0. The standard InChI is InChI=1S/C17H11F5N4O3S2/c18-9-2-1-3-10(19)12(9)13(27)14-15(23)26-16(30-14)25-7-4-5-11(31(24,28)29)8(6-7)17(20,21)22/h1-6H,23H2,(H,25,26)(H2,24,28,29). The summed E-state index contributed by atoms with van der Waals surface area (Å²) >= 11 is 0.543. The molecule has 0 radical (unpaired) electrons. The number of carbonyl (C=O) groups is 1. The average molecular weight is 478 g/mol. The Bertz CT molecular complexity index is 1270. The van der Waals surface area contributed by atoms with Crippen molar-refractivity contribution >= 4 is 43.8 Å². The molecule has 0 spiro atoms. The topological polar surface area (TPSA) is 128 Å². The molecule has 14 heteroatoms. The van der Waals surface area contributed by atoms with Gasteiger partial charge in [-0.25, -0.2) is 27.3 Å². The predicted octanol–water partition coefficient (Wildman–Crippen LogP) is 3.64. The number of nitrogens with one attached hydrogen (secondary N) is 1. The quantitative estimate of drug-likeness (QED) is 0.379. The van der Waals surface area contributed by atoms with E-state index in [9.17, 15) is 35.2 Å². The molecule has 164 valence electrons. The molecular weight excluding hydrogens is 467 g/mol. The van der Waals surface area contributed by atoms with Crippen LogP contribution in [0.5, 0.6) is 0 Å². The maximum atomic E-state index is 13.9. The minimum Gasteiger partial charge on any atom is -0.382 e. The monoisotopic (exact) mass is 478 g/mol. The molecule has 7 nitrogen and oxygen atoms in total. The van der Waals surface area contributed by atoms with Crippen molar-refractivity contribution in [3.63, 3.8) is 0 Å². The minimum absolute atomic E-state index is 0.172. The van der Waals surface area contributed by atoms with Crippen LogP contribution in [-0.2, 0) is 16.2 Å². The molecule has 3 rings (SSSR count). The third-order valence-electron chi connectivity index (χ3n) is 3.89. The number of aromatic nitrogens is 1. The summed E-state index contributed by atoms with van der Waals surface area (Å²) in [6.45, 7) is 0. The normalized spacial score (nSPS) is 12.1. The molecule has 0 aliphatic carbocycles. The van der Waals surface area contributed by atoms with Crippen LogP contribution in [0.4, 0.5) is 38.6 Å². The van der Waals surface area contributed by atoms with E-state index in [0.717, 1.165) is 24.3 Å². The van der Waals surface area contributed by atoms with Gasteiger partial charge in [0.1, 0.15) is 22.3 Å². The van der Waals surface area contributed by atoms with E-state index in [1.54, 1.807) is 0 Å². The number of nitrogens with zero attached hydrogens (tertiary/aromatic N) is 1. The molecule has 1 aromatic heterocycles. The van der Waals surface area contributed by atoms with Gasteiger partial charge in [0.25, 0.3) is 0 Å². The van der Waals surface area contributed by atoms with Gasteiger partial charge in [-0.1, -0.05) is 17.4 Å². The molecule has 1 heterocycles. The van der Waals surface area contributed by atoms with Gasteiger partial charge < -0.3 is 11.1 Å². The van der Waals surface area contributed by atoms with Crippen LogP contribution in [0.3, 0.4) is 0 Å². The summed E-state index contributed by atoms with van der Waals surface area (Å²) in [6.07, 6.45) is -5.04. The lowest BCUT2D eigenvalue weighted by Gasteiger charge is -2.13. The van der Waals surface area contributed by atoms with Gasteiger partial charge >= 0.3 is 6.18 Å². The second kappa shape index (κ2) is 7.86. The molecule has 0 fully saturated rings. The highest BCUT2D eigenvalue weighted by molar-refractivity contribution is 7.89. The molecule has 3 aromatic rings. The first kappa shape index (κ1) is 22.6. The van der Waals surface area contributed by atoms with Crippen LogP contribution in [0, 0.1) is 11.6 Å². The molecule has 0 unspecified atom stereocenters. The molecule has 0 bridgehead atoms. The van der Waals surface area contributed by atoms with Crippen molar-refractivity contribution < 1.29 is 35.2 Å². The van der Waals surface area contributed by atoms with Gasteiger partial charge in [-0.2, -0.15) is 13.2 Å². The van der Waals surface area contributed by atoms with Gasteiger partial charge in [0.15, 0.2) is 5.13 Å². The Hall–Kier alpha value is -3.10. The van der Waals surface area contributed by atoms with Gasteiger partial charge in [0.05, 0.1) is 16.0 Å². The number of nitrogen functional groups attached to an aromatic ring is 1. The highest BCUT2D eigenvalue weighted by Crippen LogP contribution is 2.37. The van der Waals surface area contributed by atoms with Crippen LogP contribution in [-0.4, -0.2) is 19.2 Å². The van der Waals surface area contributed by atoms with Crippen LogP contribution < -0.4 is 16.2 Å². The Balaban J connectivity index is 1.98. The average Bonchev–Trinajstić information content (AvgIpc) is 3.00. The fourth-order valence-electron chi connectivity index (χ4n) is 2.58. The van der Waals surface area contributed by atoms with E-state index in [1.807, 2.05) is 0 Å². The Morgan fingerprint density at radius 1 is 1.10 bits per heavy atom. The zero-order chi connectivity index (χ0) is 23.1. The number of anilines is 3. The van der Waals surface area contributed by atoms with Crippen LogP contribution in [0.25, 0.3) is 0 Å². The first-order chi connectivity index (χ1) is 14.3. The third-order valence-corrected chi connectivity index (χ3v) is 5.85. The number of ketones is 1. The largest absolute Gasteiger partial charge is 0.417 e. The molecule has 0 saturated heterocycles. The number of hydrogen-bond donors (Lipinski definition) is 3. The number of primary sulfonamides is 1. The van der Waals surface area contributed by atoms with E-state index in [4.69, 9.17) is 10.9 Å². The Morgan fingerprint density at radius 3 is 2.26 bits per heavy atom. The van der Waals surface area contributed by atoms with Crippen LogP contribution >= 0.6 is 11.3 Å². The zero-order valence-corrected chi connectivity index (χ0v) is 16.6. The third kappa shape index (κ3) is 4.65. The summed E-state index contributed by atoms with van der Waals surface area (Å²) < 4.78 is 90.3. The van der Waals surface area contributed by atoms with Gasteiger partial charge in [-0.3, -0.25) is 4.79 Å². The van der Waals surface area contributed by atoms with Gasteiger partial charge in [0, 0.05) is 5.69 Å². The molecule has 0 aliphatic rings. The summed E-state index contributed by atoms with van der Waals surface area (Å²) in [4.78, 5) is 14.8. The molecule has 5 N–H and O–H groups in total. The number of alkyl halides is 3. The Labute approximate surface area is 175 Å². The molecule has 31 heavy (non-hydrogen) atoms. The second-order valence-corrected chi connectivity index (χ2v) is 8.57. The number of benzene rings is 2. The van der Waals surface area contributed by atoms with Gasteiger partial charge in [-0.15, -0.1) is 0 Å². The predicted molar refractivity (Wildman–Crippen MR) is 102 cm³/mol. The maximum Gasteiger partial charge on any atom is 0.417 e. The number of nitrogens with two attached hydrogens (primary N) is 2. The number of rotatable bonds is 5. The van der Waals surface area contributed by atoms with Crippen molar-refractivity contribution in [3.8, 4) is 0 Å². The number of halogens is 5. The van der Waals surface area contributed by atoms with E-state index in [1.165, 1.54) is 0 Å². The van der Waals surface area contributed by atoms with Crippen molar-refractivity contribution in [2.24, 2.45) is 5.14 Å². The Morgan fingerprint density at radius 2 is 1.71 bits per heavy atom. The smallest absolute Gasteiger partial charge is 0.382 e. The summed E-state index contributed by atoms with van der Waals surface area (Å²) in [7, 11) is -4.66. The van der Waals surface area contributed by atoms with Crippen molar-refractivity contribution in [1.82, 2.24) is 4.98 Å². The van der Waals surface area contributed by atoms with Crippen molar-refractivity contribution in [1.29, 1.82) is 0 Å². The number of hydrogen-bond acceptors (Lipinski definition) is 7. The first-order valence-electron chi connectivity index (χ1n) is 8.05. The Kier molecular flexibility index (Phi) is 5.73. The lowest BCUT2D eigenvalue weighted by atomic mass is 10.1. The second-order valence-electron chi connectivity index (χ2n) is 6.04. The summed E-state index contributed by atoms with van der Waals surface area (Å²) in [5, 5.41) is 7.09. The molecule has 0 saturated carbocycles. The van der Waals surface area contributed by atoms with Crippen LogP contribution in [0.1, 0.15) is 20.8 Å². The van der Waals surface area contributed by atoms with Crippen LogP contribution in [0.2, 0.25) is 0 Å². The fraction of sp³-hybridized carbons (Fsp3) is 0.0588. The lowest BCUT2D eigenvalue weighted by molar-refractivity contribution is -0.139. The van der Waals surface area contributed by atoms with E-state index >= 15 is 0 Å². The van der Waals surface area contributed by atoms with Crippen LogP contribution in [0.15, 0.2) is 41.3 Å². The van der Waals surface area contributed by atoms with E-state index in [2.05, 4.69) is 10.3 Å². The molecule has 0 amide bonds. The number of sulfonamides is 1. The summed E-state index contributed by atoms with van der Waals surface area (Å²) in [5.74, 6) is -3.75. The van der Waals surface area contributed by atoms with Gasteiger partial charge in [0.2, 0.25) is 15.8 Å². The number of thiazole rings is 1. The SMILES string of the molecule is Nc1nc(Nc2ccc(S(N)(=O)=O)c(C(F)(F)F)c2)sc1C(=O)c1c(F)cccc1F. The highest BCUT2D eigenvalue weighted by Gasteiger charge is 2.36. The van der Waals surface area contributed by atoms with Crippen molar-refractivity contribution in [3.05, 3.63) is 64.0 Å². The number of carbonyl (C=O) groups excluding carboxylic acids is 1. The highest BCUT2D eigenvalue weighted by atomic mass is 32.2. The van der Waals surface area contributed by atoms with Crippen molar-refractivity contribution in [2.45, 2.75) is 11.1 Å². The maximum absolute atomic E-state index is 13.9. The minimum atomic E-state index is -5.04. The lowest BCUT2D eigenvalue weighted by Crippen LogP contribution is -2.19. The van der Waals surface area contributed by atoms with E-state index < -0.39 is 55.5 Å². The first-order valence-corrected chi connectivity index (χ1v) is 10.4. The molecule has 0 atom stereocenters. The fourth-order valence-corrected chi connectivity index (χ4v) is 4.17. The molecule has 2 aromatic carbocycles.